The first kappa shape index (κ1) is 11.6. The van der Waals surface area contributed by atoms with Crippen molar-refractivity contribution in [3.05, 3.63) is 29.3 Å². The number of benzene rings is 1. The first-order valence-electron chi connectivity index (χ1n) is 4.72. The van der Waals surface area contributed by atoms with E-state index in [1.54, 1.807) is 32.2 Å². The Kier molecular flexibility index (Phi) is 4.21. The summed E-state index contributed by atoms with van der Waals surface area (Å²) in [5, 5.41) is 2.94. The van der Waals surface area contributed by atoms with Gasteiger partial charge in [0.1, 0.15) is 6.67 Å². The van der Waals surface area contributed by atoms with Crippen LogP contribution in [0.25, 0.3) is 0 Å². The molecule has 0 heterocycles. The van der Waals surface area contributed by atoms with Crippen molar-refractivity contribution < 1.29 is 8.78 Å². The predicted molar refractivity (Wildman–Crippen MR) is 58.8 cm³/mol. The molecule has 82 valence electrons. The molecule has 1 aromatic rings. The Morgan fingerprint density at radius 1 is 1.47 bits per heavy atom. The maximum absolute atomic E-state index is 12.5. The lowest BCUT2D eigenvalue weighted by atomic mass is 10.1. The van der Waals surface area contributed by atoms with Crippen LogP contribution in [0.3, 0.4) is 0 Å². The van der Waals surface area contributed by atoms with E-state index in [1.807, 2.05) is 0 Å². The minimum absolute atomic E-state index is 0.0699. The summed E-state index contributed by atoms with van der Waals surface area (Å²) in [6, 6.07) is 4.91. The van der Waals surface area contributed by atoms with Crippen LogP contribution in [0.4, 0.5) is 14.5 Å². The molecule has 0 aromatic heterocycles. The third-order valence-electron chi connectivity index (χ3n) is 2.07. The number of hydrogen-bond acceptors (Lipinski definition) is 2. The second-order valence-electron chi connectivity index (χ2n) is 3.15. The highest BCUT2D eigenvalue weighted by molar-refractivity contribution is 5.54. The van der Waals surface area contributed by atoms with Gasteiger partial charge in [-0.1, -0.05) is 6.07 Å². The van der Waals surface area contributed by atoms with Gasteiger partial charge >= 0.3 is 0 Å². The van der Waals surface area contributed by atoms with E-state index in [1.165, 1.54) is 6.07 Å². The van der Waals surface area contributed by atoms with Crippen molar-refractivity contribution in [2.24, 2.45) is 4.99 Å². The van der Waals surface area contributed by atoms with E-state index in [0.717, 1.165) is 0 Å². The van der Waals surface area contributed by atoms with Gasteiger partial charge in [-0.3, -0.25) is 4.99 Å². The van der Waals surface area contributed by atoms with Crippen LogP contribution in [0.15, 0.2) is 23.2 Å². The maximum atomic E-state index is 12.5. The molecule has 0 atom stereocenters. The number of rotatable bonds is 4. The van der Waals surface area contributed by atoms with Crippen molar-refractivity contribution in [2.75, 3.05) is 12.0 Å². The van der Waals surface area contributed by atoms with Crippen LogP contribution in [0.1, 0.15) is 24.5 Å². The predicted octanol–water partition coefficient (Wildman–Crippen LogP) is 3.39. The monoisotopic (exact) mass is 212 g/mol. The standard InChI is InChI=1S/C11H14F2N2/c1-3-14-7-15-9-5-4-8(2)10(6-9)11(12)13/h3-6,11,15H,7H2,1-2H3. The minimum atomic E-state index is -2.43. The Balaban J connectivity index is 2.78. The summed E-state index contributed by atoms with van der Waals surface area (Å²) in [7, 11) is 0. The molecule has 0 bridgehead atoms. The Bertz CT molecular complexity index is 348. The summed E-state index contributed by atoms with van der Waals surface area (Å²) < 4.78 is 25.1. The van der Waals surface area contributed by atoms with Gasteiger partial charge in [0.15, 0.2) is 0 Å². The lowest BCUT2D eigenvalue weighted by Gasteiger charge is -2.08. The molecule has 4 heteroatoms. The summed E-state index contributed by atoms with van der Waals surface area (Å²) in [4.78, 5) is 3.94. The lowest BCUT2D eigenvalue weighted by molar-refractivity contribution is 0.150. The van der Waals surface area contributed by atoms with Crippen molar-refractivity contribution in [1.82, 2.24) is 0 Å². The van der Waals surface area contributed by atoms with E-state index >= 15 is 0 Å². The molecule has 0 unspecified atom stereocenters. The zero-order valence-corrected chi connectivity index (χ0v) is 8.80. The largest absolute Gasteiger partial charge is 0.366 e. The Labute approximate surface area is 88.0 Å². The second kappa shape index (κ2) is 5.44. The average Bonchev–Trinajstić information content (AvgIpc) is 2.20. The fourth-order valence-corrected chi connectivity index (χ4v) is 1.21. The number of hydrogen-bond donors (Lipinski definition) is 1. The van der Waals surface area contributed by atoms with Crippen LogP contribution >= 0.6 is 0 Å². The number of alkyl halides is 2. The van der Waals surface area contributed by atoms with Gasteiger partial charge in [0.2, 0.25) is 0 Å². The molecule has 0 aliphatic heterocycles. The molecular formula is C11H14F2N2. The molecule has 1 aromatic carbocycles. The fraction of sp³-hybridized carbons (Fsp3) is 0.364. The molecule has 0 amide bonds. The smallest absolute Gasteiger partial charge is 0.264 e. The van der Waals surface area contributed by atoms with Gasteiger partial charge in [0.05, 0.1) is 0 Å². The van der Waals surface area contributed by atoms with Gasteiger partial charge in [0, 0.05) is 11.3 Å². The number of nitrogens with zero attached hydrogens (tertiary/aromatic N) is 1. The molecule has 15 heavy (non-hydrogen) atoms. The van der Waals surface area contributed by atoms with Crippen molar-refractivity contribution in [1.29, 1.82) is 0 Å². The Morgan fingerprint density at radius 3 is 2.80 bits per heavy atom. The summed E-state index contributed by atoms with van der Waals surface area (Å²) in [6.07, 6.45) is -0.767. The molecule has 1 N–H and O–H groups in total. The van der Waals surface area contributed by atoms with Crippen molar-refractivity contribution in [3.8, 4) is 0 Å². The topological polar surface area (TPSA) is 24.4 Å². The van der Waals surface area contributed by atoms with Crippen LogP contribution in [0, 0.1) is 6.92 Å². The molecule has 0 aliphatic rings. The van der Waals surface area contributed by atoms with E-state index in [-0.39, 0.29) is 5.56 Å². The van der Waals surface area contributed by atoms with Crippen LogP contribution in [0.2, 0.25) is 0 Å². The number of aliphatic imine (C=N–C) groups is 1. The normalized spacial score (nSPS) is 11.3. The van der Waals surface area contributed by atoms with Crippen LogP contribution < -0.4 is 5.32 Å². The highest BCUT2D eigenvalue weighted by Gasteiger charge is 2.10. The van der Waals surface area contributed by atoms with Gasteiger partial charge in [-0.2, -0.15) is 0 Å². The van der Waals surface area contributed by atoms with Crippen LogP contribution in [0.5, 0.6) is 0 Å². The van der Waals surface area contributed by atoms with Crippen molar-refractivity contribution >= 4 is 11.9 Å². The fourth-order valence-electron chi connectivity index (χ4n) is 1.21. The highest BCUT2D eigenvalue weighted by Crippen LogP contribution is 2.25. The number of aryl methyl sites for hydroxylation is 1. The van der Waals surface area contributed by atoms with Gasteiger partial charge in [-0.05, 0) is 37.8 Å². The van der Waals surface area contributed by atoms with E-state index in [9.17, 15) is 8.78 Å². The molecular weight excluding hydrogens is 198 g/mol. The van der Waals surface area contributed by atoms with E-state index in [0.29, 0.717) is 17.9 Å². The first-order valence-corrected chi connectivity index (χ1v) is 4.72. The Morgan fingerprint density at radius 2 is 2.20 bits per heavy atom. The maximum Gasteiger partial charge on any atom is 0.264 e. The second-order valence-corrected chi connectivity index (χ2v) is 3.15. The molecule has 0 spiro atoms. The van der Waals surface area contributed by atoms with E-state index < -0.39 is 6.43 Å². The summed E-state index contributed by atoms with van der Waals surface area (Å²) in [5.74, 6) is 0. The molecule has 1 rings (SSSR count). The van der Waals surface area contributed by atoms with Gasteiger partial charge in [0.25, 0.3) is 6.43 Å². The molecule has 0 saturated carbocycles. The first-order chi connectivity index (χ1) is 7.15. The average molecular weight is 212 g/mol. The van der Waals surface area contributed by atoms with E-state index in [4.69, 9.17) is 0 Å². The summed E-state index contributed by atoms with van der Waals surface area (Å²) in [5.41, 5.74) is 1.34. The molecule has 0 radical (unpaired) electrons. The van der Waals surface area contributed by atoms with E-state index in [2.05, 4.69) is 10.3 Å². The summed E-state index contributed by atoms with van der Waals surface area (Å²) >= 11 is 0. The third kappa shape index (κ3) is 3.31. The molecule has 0 fully saturated rings. The van der Waals surface area contributed by atoms with Gasteiger partial charge in [-0.15, -0.1) is 0 Å². The van der Waals surface area contributed by atoms with Gasteiger partial charge < -0.3 is 5.32 Å². The number of nitrogens with one attached hydrogen (secondary N) is 1. The SMILES string of the molecule is CC=NCNc1ccc(C)c(C(F)F)c1. The van der Waals surface area contributed by atoms with Crippen LogP contribution in [-0.4, -0.2) is 12.9 Å². The number of anilines is 1. The number of halogens is 2. The molecule has 0 saturated heterocycles. The van der Waals surface area contributed by atoms with Gasteiger partial charge in [-0.25, -0.2) is 8.78 Å². The van der Waals surface area contributed by atoms with Crippen molar-refractivity contribution in [2.45, 2.75) is 20.3 Å². The Hall–Kier alpha value is -1.45. The summed E-state index contributed by atoms with van der Waals surface area (Å²) in [6.45, 7) is 3.89. The third-order valence-corrected chi connectivity index (χ3v) is 2.07. The lowest BCUT2D eigenvalue weighted by Crippen LogP contribution is -2.00. The zero-order chi connectivity index (χ0) is 11.3. The van der Waals surface area contributed by atoms with Crippen LogP contribution in [-0.2, 0) is 0 Å². The molecule has 0 aliphatic carbocycles. The molecule has 2 nitrogen and oxygen atoms in total. The van der Waals surface area contributed by atoms with Crippen molar-refractivity contribution in [3.63, 3.8) is 0 Å². The quantitative estimate of drug-likeness (QED) is 0.760. The highest BCUT2D eigenvalue weighted by atomic mass is 19.3. The minimum Gasteiger partial charge on any atom is -0.366 e. The zero-order valence-electron chi connectivity index (χ0n) is 8.80.